The number of phenols is 1. The highest BCUT2D eigenvalue weighted by atomic mass is 16.4. The van der Waals surface area contributed by atoms with Gasteiger partial charge in [-0.05, 0) is 80.5 Å². The van der Waals surface area contributed by atoms with E-state index in [4.69, 9.17) is 28.0 Å². The molecule has 22 N–H and O–H groups in total. The van der Waals surface area contributed by atoms with E-state index in [1.54, 1.807) is 41.5 Å². The SMILES string of the molecule is CC(C)C[C@H](NC(=O)CNC(=O)[C@H](Cc1ccc(O)cc1)NC(=O)[C@@H](NC(=O)[C@@H](NC(=O)[C@H](CO)NC(=O)[C@@H](N)CC(=O)O)C(C)C)C(C)C)C(=O)N[C@@H](CCCN=C(N)N)C(=O)N[C@@H](CO)C(=O)N[C@@H](CCCCN)C(=O)O. The predicted octanol–water partition coefficient (Wildman–Crippen LogP) is -5.66. The quantitative estimate of drug-likeness (QED) is 0.0168. The fourth-order valence-corrected chi connectivity index (χ4v) is 7.43. The van der Waals surface area contributed by atoms with Crippen molar-refractivity contribution in [2.45, 2.75) is 147 Å². The molecule has 0 aliphatic rings. The number of hydrogen-bond donors (Lipinski definition) is 18. The van der Waals surface area contributed by atoms with Gasteiger partial charge in [0.05, 0.1) is 32.2 Å². The summed E-state index contributed by atoms with van der Waals surface area (Å²) in [6.07, 6.45) is -0.157. The second-order valence-corrected chi connectivity index (χ2v) is 19.7. The number of guanidine groups is 1. The highest BCUT2D eigenvalue weighted by molar-refractivity contribution is 5.98. The Morgan fingerprint density at radius 2 is 1.03 bits per heavy atom. The van der Waals surface area contributed by atoms with Gasteiger partial charge in [-0.3, -0.25) is 52.9 Å². The first kappa shape index (κ1) is 69.3. The lowest BCUT2D eigenvalue weighted by Crippen LogP contribution is -2.61. The number of rotatable bonds is 37. The number of nitrogens with two attached hydrogens (primary N) is 4. The monoisotopic (exact) mass is 1120 g/mol. The van der Waals surface area contributed by atoms with Crippen molar-refractivity contribution >= 4 is 71.1 Å². The van der Waals surface area contributed by atoms with Gasteiger partial charge in [0.1, 0.15) is 54.1 Å². The number of carboxylic acid groups (broad SMARTS) is 2. The van der Waals surface area contributed by atoms with E-state index in [2.05, 4.69) is 52.8 Å². The zero-order chi connectivity index (χ0) is 60.1. The first-order valence-electron chi connectivity index (χ1n) is 25.7. The molecular weight excluding hydrogens is 1040 g/mol. The molecule has 79 heavy (non-hydrogen) atoms. The third kappa shape index (κ3) is 26.5. The van der Waals surface area contributed by atoms with Crippen LogP contribution in [0.2, 0.25) is 0 Å². The molecule has 1 rings (SSSR count). The minimum atomic E-state index is -1.65. The summed E-state index contributed by atoms with van der Waals surface area (Å²) in [5, 5.41) is 70.2. The Balaban J connectivity index is 3.37. The van der Waals surface area contributed by atoms with Gasteiger partial charge >= 0.3 is 11.9 Å². The third-order valence-corrected chi connectivity index (χ3v) is 11.8. The van der Waals surface area contributed by atoms with Crippen LogP contribution < -0.4 is 70.8 Å². The summed E-state index contributed by atoms with van der Waals surface area (Å²) in [5.74, 6) is -13.2. The van der Waals surface area contributed by atoms with Gasteiger partial charge in [0.2, 0.25) is 53.2 Å². The molecule has 0 saturated carbocycles. The number of nitrogens with one attached hydrogen (secondary N) is 9. The van der Waals surface area contributed by atoms with Crippen LogP contribution in [0.3, 0.4) is 0 Å². The molecule has 0 radical (unpaired) electrons. The summed E-state index contributed by atoms with van der Waals surface area (Å²) in [4.78, 5) is 148. The van der Waals surface area contributed by atoms with Gasteiger partial charge in [0.15, 0.2) is 5.96 Å². The van der Waals surface area contributed by atoms with Crippen LogP contribution in [0.15, 0.2) is 29.3 Å². The topological polar surface area (TPSA) is 514 Å². The minimum absolute atomic E-state index is 0.00133. The number of aliphatic hydroxyl groups is 2. The molecule has 0 heterocycles. The number of phenolic OH excluding ortho intramolecular Hbond substituents is 1. The lowest BCUT2D eigenvalue weighted by atomic mass is 9.98. The normalized spacial score (nSPS) is 14.5. The number of benzene rings is 1. The lowest BCUT2D eigenvalue weighted by Gasteiger charge is -2.29. The molecule has 0 aromatic heterocycles. The van der Waals surface area contributed by atoms with Crippen molar-refractivity contribution in [3.8, 4) is 5.75 Å². The molecule has 30 nitrogen and oxygen atoms in total. The summed E-state index contributed by atoms with van der Waals surface area (Å²) >= 11 is 0. The fourth-order valence-electron chi connectivity index (χ4n) is 7.43. The van der Waals surface area contributed by atoms with Gasteiger partial charge in [-0.2, -0.15) is 0 Å². The number of nitrogens with zero attached hydrogens (tertiary/aromatic N) is 1. The summed E-state index contributed by atoms with van der Waals surface area (Å²) in [6.45, 7) is 7.35. The fraction of sp³-hybridized carbons (Fsp3) is 0.633. The van der Waals surface area contributed by atoms with Gasteiger partial charge in [0, 0.05) is 13.0 Å². The first-order chi connectivity index (χ1) is 37.0. The van der Waals surface area contributed by atoms with Crippen LogP contribution in [0.4, 0.5) is 0 Å². The third-order valence-electron chi connectivity index (χ3n) is 11.8. The number of aliphatic imine (C=N–C) groups is 1. The van der Waals surface area contributed by atoms with E-state index < -0.39 is 157 Å². The predicted molar refractivity (Wildman–Crippen MR) is 284 cm³/mol. The van der Waals surface area contributed by atoms with Crippen LogP contribution in [0.5, 0.6) is 5.75 Å². The molecule has 1 aromatic carbocycles. The van der Waals surface area contributed by atoms with Gasteiger partial charge < -0.3 is 96.3 Å². The number of carbonyl (C=O) groups is 11. The molecule has 9 atom stereocenters. The van der Waals surface area contributed by atoms with Crippen LogP contribution in [0.25, 0.3) is 0 Å². The summed E-state index contributed by atoms with van der Waals surface area (Å²) < 4.78 is 0. The molecule has 1 aromatic rings. The smallest absolute Gasteiger partial charge is 0.326 e. The maximum atomic E-state index is 14.0. The van der Waals surface area contributed by atoms with Crippen molar-refractivity contribution < 1.29 is 78.3 Å². The highest BCUT2D eigenvalue weighted by Crippen LogP contribution is 2.14. The number of aliphatic hydroxyl groups excluding tert-OH is 2. The Hall–Kier alpha value is -7.70. The maximum Gasteiger partial charge on any atom is 0.326 e. The maximum absolute atomic E-state index is 14.0. The van der Waals surface area contributed by atoms with E-state index >= 15 is 0 Å². The van der Waals surface area contributed by atoms with E-state index in [1.807, 2.05) is 0 Å². The van der Waals surface area contributed by atoms with Crippen molar-refractivity contribution in [1.29, 1.82) is 0 Å². The van der Waals surface area contributed by atoms with Gasteiger partial charge in [-0.1, -0.05) is 53.7 Å². The number of hydrogen-bond acceptors (Lipinski definition) is 17. The molecule has 0 aliphatic heterocycles. The molecular formula is C49H82N14O16. The minimum Gasteiger partial charge on any atom is -0.508 e. The second-order valence-electron chi connectivity index (χ2n) is 19.7. The van der Waals surface area contributed by atoms with Crippen molar-refractivity contribution in [2.75, 3.05) is 32.8 Å². The molecule has 0 spiro atoms. The summed E-state index contributed by atoms with van der Waals surface area (Å²) in [7, 11) is 0. The van der Waals surface area contributed by atoms with E-state index in [0.717, 1.165) is 0 Å². The molecule has 0 aliphatic carbocycles. The van der Waals surface area contributed by atoms with E-state index in [9.17, 15) is 73.2 Å². The summed E-state index contributed by atoms with van der Waals surface area (Å²) in [6, 6.07) is -7.57. The van der Waals surface area contributed by atoms with Crippen molar-refractivity contribution in [3.63, 3.8) is 0 Å². The Bertz CT molecular complexity index is 2250. The Labute approximate surface area is 457 Å². The van der Waals surface area contributed by atoms with Crippen molar-refractivity contribution in [2.24, 2.45) is 45.7 Å². The summed E-state index contributed by atoms with van der Waals surface area (Å²) in [5.41, 5.74) is 22.4. The molecule has 30 heteroatoms. The van der Waals surface area contributed by atoms with E-state index in [1.165, 1.54) is 24.3 Å². The van der Waals surface area contributed by atoms with Crippen LogP contribution >= 0.6 is 0 Å². The number of aromatic hydroxyl groups is 1. The first-order valence-corrected chi connectivity index (χ1v) is 25.7. The lowest BCUT2D eigenvalue weighted by molar-refractivity contribution is -0.143. The number of aliphatic carboxylic acids is 2. The zero-order valence-electron chi connectivity index (χ0n) is 45.4. The average Bonchev–Trinajstić information content (AvgIpc) is 3.37. The number of carboxylic acids is 2. The molecule has 9 amide bonds. The standard InChI is InChI=1S/C49H82N14O16/c1-24(2)18-32(43(73)57-30(11-9-17-54-49(52)53)42(72)61-34(22-64)44(74)58-31(48(78)79)10-7-8-16-50)56-36(67)21-55-41(71)33(19-27-12-14-28(66)15-13-27)59-46(76)38(25(3)4)63-47(77)39(26(5)6)62-45(75)35(23-65)60-40(70)29(51)20-37(68)69/h12-15,24-26,29-35,38-39,64-66H,7-11,16-23,50-51H2,1-6H3,(H,55,71)(H,56,67)(H,57,73)(H,58,74)(H,59,76)(H,60,70)(H,61,72)(H,62,75)(H,63,77)(H,68,69)(H,78,79)(H4,52,53,54)/t29-,30-,31-,32-,33-,34-,35-,38-,39-/m0/s1. The van der Waals surface area contributed by atoms with E-state index in [-0.39, 0.29) is 62.8 Å². The number of amides is 9. The Kier molecular flexibility index (Phi) is 31.3. The van der Waals surface area contributed by atoms with Gasteiger partial charge in [0.25, 0.3) is 0 Å². The molecule has 444 valence electrons. The molecule has 0 unspecified atom stereocenters. The van der Waals surface area contributed by atoms with E-state index in [0.29, 0.717) is 18.4 Å². The second kappa shape index (κ2) is 35.7. The Morgan fingerprint density at radius 1 is 0.557 bits per heavy atom. The molecule has 0 saturated heterocycles. The van der Waals surface area contributed by atoms with Gasteiger partial charge in [-0.25, -0.2) is 4.79 Å². The van der Waals surface area contributed by atoms with Crippen LogP contribution in [0.1, 0.15) is 92.1 Å². The van der Waals surface area contributed by atoms with Crippen LogP contribution in [0, 0.1) is 17.8 Å². The Morgan fingerprint density at radius 3 is 1.53 bits per heavy atom. The number of carbonyl (C=O) groups excluding carboxylic acids is 9. The number of unbranched alkanes of at least 4 members (excludes halogenated alkanes) is 1. The largest absolute Gasteiger partial charge is 0.508 e. The zero-order valence-corrected chi connectivity index (χ0v) is 45.4. The van der Waals surface area contributed by atoms with Crippen molar-refractivity contribution in [3.05, 3.63) is 29.8 Å². The van der Waals surface area contributed by atoms with Crippen LogP contribution in [-0.4, -0.2) is 184 Å². The van der Waals surface area contributed by atoms with Crippen molar-refractivity contribution in [1.82, 2.24) is 47.9 Å². The highest BCUT2D eigenvalue weighted by Gasteiger charge is 2.36. The molecule has 0 bridgehead atoms. The van der Waals surface area contributed by atoms with Crippen LogP contribution in [-0.2, 0) is 59.2 Å². The van der Waals surface area contributed by atoms with Gasteiger partial charge in [-0.15, -0.1) is 0 Å². The molecule has 0 fully saturated rings. The average molecular weight is 1120 g/mol.